The van der Waals surface area contributed by atoms with E-state index in [1.165, 1.54) is 24.0 Å². The molecule has 4 nitrogen and oxygen atoms in total. The number of benzene rings is 1. The molecular formula is C18H28N2O2. The van der Waals surface area contributed by atoms with Gasteiger partial charge in [-0.25, -0.2) is 4.79 Å². The van der Waals surface area contributed by atoms with Crippen molar-refractivity contribution in [2.24, 2.45) is 0 Å². The first-order valence-electron chi connectivity index (χ1n) is 8.13. The number of hydrogen-bond acceptors (Lipinski definition) is 3. The largest absolute Gasteiger partial charge is 0.444 e. The van der Waals surface area contributed by atoms with Gasteiger partial charge < -0.3 is 10.1 Å². The highest BCUT2D eigenvalue weighted by atomic mass is 16.6. The predicted octanol–water partition coefficient (Wildman–Crippen LogP) is 4.41. The number of hydrogen-bond donors (Lipinski definition) is 2. The lowest BCUT2D eigenvalue weighted by Crippen LogP contribution is -2.31. The zero-order chi connectivity index (χ0) is 16.3. The maximum atomic E-state index is 11.9. The monoisotopic (exact) mass is 304 g/mol. The molecule has 0 heterocycles. The summed E-state index contributed by atoms with van der Waals surface area (Å²) in [5.74, 6) is 0. The van der Waals surface area contributed by atoms with E-state index in [1.807, 2.05) is 26.8 Å². The van der Waals surface area contributed by atoms with Crippen LogP contribution in [0.5, 0.6) is 0 Å². The molecule has 1 aliphatic rings. The zero-order valence-corrected chi connectivity index (χ0v) is 14.3. The summed E-state index contributed by atoms with van der Waals surface area (Å²) in [5.41, 5.74) is 3.00. The molecule has 0 spiro atoms. The minimum absolute atomic E-state index is 0.403. The summed E-state index contributed by atoms with van der Waals surface area (Å²) < 4.78 is 5.30. The van der Waals surface area contributed by atoms with E-state index < -0.39 is 11.7 Å². The van der Waals surface area contributed by atoms with E-state index in [9.17, 15) is 4.79 Å². The van der Waals surface area contributed by atoms with Crippen molar-refractivity contribution in [3.63, 3.8) is 0 Å². The molecule has 0 radical (unpaired) electrons. The average molecular weight is 304 g/mol. The van der Waals surface area contributed by atoms with Gasteiger partial charge in [0.15, 0.2) is 0 Å². The number of aryl methyl sites for hydroxylation is 1. The van der Waals surface area contributed by atoms with Crippen molar-refractivity contribution in [3.8, 4) is 0 Å². The Labute approximate surface area is 133 Å². The smallest absolute Gasteiger partial charge is 0.412 e. The number of fused-ring (bicyclic) bond motifs is 1. The van der Waals surface area contributed by atoms with Crippen molar-refractivity contribution < 1.29 is 9.53 Å². The number of carbonyl (C=O) groups is 1. The van der Waals surface area contributed by atoms with Crippen LogP contribution in [0.1, 0.15) is 64.6 Å². The van der Waals surface area contributed by atoms with Crippen molar-refractivity contribution in [1.82, 2.24) is 5.32 Å². The minimum atomic E-state index is -0.482. The van der Waals surface area contributed by atoms with Crippen molar-refractivity contribution in [2.45, 2.75) is 71.6 Å². The third-order valence-electron chi connectivity index (χ3n) is 3.64. The molecular weight excluding hydrogens is 276 g/mol. The Balaban J connectivity index is 2.09. The van der Waals surface area contributed by atoms with E-state index in [0.29, 0.717) is 12.1 Å². The van der Waals surface area contributed by atoms with Crippen molar-refractivity contribution in [3.05, 3.63) is 29.3 Å². The molecule has 4 heteroatoms. The van der Waals surface area contributed by atoms with Crippen LogP contribution in [0.4, 0.5) is 10.5 Å². The van der Waals surface area contributed by atoms with E-state index in [-0.39, 0.29) is 0 Å². The van der Waals surface area contributed by atoms with Crippen LogP contribution in [0, 0.1) is 0 Å². The number of ether oxygens (including phenoxy) is 1. The molecule has 1 amide bonds. The molecule has 1 atom stereocenters. The van der Waals surface area contributed by atoms with Crippen LogP contribution < -0.4 is 10.6 Å². The van der Waals surface area contributed by atoms with E-state index >= 15 is 0 Å². The van der Waals surface area contributed by atoms with Crippen LogP contribution in [-0.4, -0.2) is 17.7 Å². The fourth-order valence-corrected chi connectivity index (χ4v) is 2.89. The summed E-state index contributed by atoms with van der Waals surface area (Å²) in [4.78, 5) is 11.9. The van der Waals surface area contributed by atoms with Crippen molar-refractivity contribution >= 4 is 11.8 Å². The second-order valence-electron chi connectivity index (χ2n) is 7.31. The predicted molar refractivity (Wildman–Crippen MR) is 90.2 cm³/mol. The lowest BCUT2D eigenvalue weighted by atomic mass is 9.87. The molecule has 0 saturated carbocycles. The molecule has 1 aromatic rings. The molecule has 1 aromatic carbocycles. The van der Waals surface area contributed by atoms with Gasteiger partial charge in [0, 0.05) is 17.8 Å². The van der Waals surface area contributed by atoms with Gasteiger partial charge in [-0.2, -0.15) is 0 Å². The van der Waals surface area contributed by atoms with E-state index in [0.717, 1.165) is 12.1 Å². The highest BCUT2D eigenvalue weighted by Crippen LogP contribution is 2.32. The summed E-state index contributed by atoms with van der Waals surface area (Å²) in [6.07, 6.45) is 3.01. The first-order chi connectivity index (χ1) is 10.2. The Hall–Kier alpha value is -1.55. The Morgan fingerprint density at radius 2 is 2.05 bits per heavy atom. The molecule has 0 aromatic heterocycles. The van der Waals surface area contributed by atoms with E-state index in [4.69, 9.17) is 4.74 Å². The van der Waals surface area contributed by atoms with Crippen LogP contribution in [0.3, 0.4) is 0 Å². The van der Waals surface area contributed by atoms with Crippen molar-refractivity contribution in [2.75, 3.05) is 5.32 Å². The topological polar surface area (TPSA) is 50.4 Å². The van der Waals surface area contributed by atoms with Crippen LogP contribution in [0.25, 0.3) is 0 Å². The molecule has 1 unspecified atom stereocenters. The van der Waals surface area contributed by atoms with Crippen LogP contribution >= 0.6 is 0 Å². The number of carbonyl (C=O) groups excluding carboxylic acids is 1. The van der Waals surface area contributed by atoms with Crippen molar-refractivity contribution in [1.29, 1.82) is 0 Å². The summed E-state index contributed by atoms with van der Waals surface area (Å²) in [6, 6.07) is 7.05. The first-order valence-corrected chi connectivity index (χ1v) is 8.13. The fraction of sp³-hybridized carbons (Fsp3) is 0.611. The van der Waals surface area contributed by atoms with Gasteiger partial charge in [0.2, 0.25) is 0 Å². The van der Waals surface area contributed by atoms with Crippen LogP contribution in [0.15, 0.2) is 18.2 Å². The minimum Gasteiger partial charge on any atom is -0.444 e. The molecule has 0 saturated heterocycles. The Kier molecular flexibility index (Phi) is 5.12. The summed E-state index contributed by atoms with van der Waals surface area (Å²) in [6.45, 7) is 9.93. The first kappa shape index (κ1) is 16.8. The molecule has 2 N–H and O–H groups in total. The highest BCUT2D eigenvalue weighted by Gasteiger charge is 2.21. The normalized spacial score (nSPS) is 18.0. The molecule has 0 aliphatic heterocycles. The number of rotatable bonds is 3. The van der Waals surface area contributed by atoms with E-state index in [1.54, 1.807) is 0 Å². The number of nitrogens with one attached hydrogen (secondary N) is 2. The SMILES string of the molecule is CC(C)NC1CCCc2cc(NC(=O)OC(C)(C)C)ccc21. The molecule has 22 heavy (non-hydrogen) atoms. The zero-order valence-electron chi connectivity index (χ0n) is 14.3. The quantitative estimate of drug-likeness (QED) is 0.869. The maximum Gasteiger partial charge on any atom is 0.412 e. The lowest BCUT2D eigenvalue weighted by Gasteiger charge is -2.28. The molecule has 1 aliphatic carbocycles. The van der Waals surface area contributed by atoms with Gasteiger partial charge >= 0.3 is 6.09 Å². The van der Waals surface area contributed by atoms with Gasteiger partial charge in [-0.1, -0.05) is 19.9 Å². The van der Waals surface area contributed by atoms with Gasteiger partial charge in [-0.15, -0.1) is 0 Å². The Morgan fingerprint density at radius 1 is 1.32 bits per heavy atom. The standard InChI is InChI=1S/C18H28N2O2/c1-12(2)19-16-8-6-7-13-11-14(9-10-15(13)16)20-17(21)22-18(3,4)5/h9-12,16,19H,6-8H2,1-5H3,(H,20,21). The van der Waals surface area contributed by atoms with Gasteiger partial charge in [0.25, 0.3) is 0 Å². The van der Waals surface area contributed by atoms with Crippen LogP contribution in [-0.2, 0) is 11.2 Å². The lowest BCUT2D eigenvalue weighted by molar-refractivity contribution is 0.0636. The Morgan fingerprint density at radius 3 is 2.68 bits per heavy atom. The van der Waals surface area contributed by atoms with Gasteiger partial charge in [0.1, 0.15) is 5.60 Å². The maximum absolute atomic E-state index is 11.9. The summed E-state index contributed by atoms with van der Waals surface area (Å²) in [5, 5.41) is 6.44. The second-order valence-corrected chi connectivity index (χ2v) is 7.31. The second kappa shape index (κ2) is 6.69. The fourth-order valence-electron chi connectivity index (χ4n) is 2.89. The van der Waals surface area contributed by atoms with Gasteiger partial charge in [-0.05, 0) is 63.3 Å². The molecule has 2 rings (SSSR count). The third kappa shape index (κ3) is 4.73. The van der Waals surface area contributed by atoms with E-state index in [2.05, 4.69) is 36.6 Å². The summed E-state index contributed by atoms with van der Waals surface area (Å²) >= 11 is 0. The number of amides is 1. The van der Waals surface area contributed by atoms with Gasteiger partial charge in [-0.3, -0.25) is 5.32 Å². The molecule has 0 fully saturated rings. The molecule has 0 bridgehead atoms. The average Bonchev–Trinajstić information content (AvgIpc) is 2.35. The van der Waals surface area contributed by atoms with Gasteiger partial charge in [0.05, 0.1) is 0 Å². The molecule has 122 valence electrons. The van der Waals surface area contributed by atoms with Crippen LogP contribution in [0.2, 0.25) is 0 Å². The highest BCUT2D eigenvalue weighted by molar-refractivity contribution is 5.85. The summed E-state index contributed by atoms with van der Waals surface area (Å²) in [7, 11) is 0. The number of anilines is 1. The third-order valence-corrected chi connectivity index (χ3v) is 3.64. The Bertz CT molecular complexity index is 532.